The Bertz CT molecular complexity index is 493. The highest BCUT2D eigenvalue weighted by atomic mass is 16.6. The number of aliphatic hydroxyl groups excluding tert-OH is 1. The number of imidazole rings is 1. The summed E-state index contributed by atoms with van der Waals surface area (Å²) in [5.41, 5.74) is -0.474. The summed E-state index contributed by atoms with van der Waals surface area (Å²) in [7, 11) is 0. The second-order valence-corrected chi connectivity index (χ2v) is 5.17. The van der Waals surface area contributed by atoms with Crippen LogP contribution in [0.2, 0.25) is 0 Å². The van der Waals surface area contributed by atoms with Crippen molar-refractivity contribution in [3.63, 3.8) is 0 Å². The highest BCUT2D eigenvalue weighted by Crippen LogP contribution is 2.29. The van der Waals surface area contributed by atoms with E-state index in [0.717, 1.165) is 25.7 Å². The van der Waals surface area contributed by atoms with Gasteiger partial charge < -0.3 is 25.1 Å². The number of rotatable bonds is 6. The van der Waals surface area contributed by atoms with Crippen molar-refractivity contribution in [2.45, 2.75) is 44.2 Å². The maximum absolute atomic E-state index is 11.9. The first-order chi connectivity index (χ1) is 9.54. The van der Waals surface area contributed by atoms with Crippen molar-refractivity contribution in [2.24, 2.45) is 0 Å². The number of carbonyl (C=O) groups excluding carboxylic acids is 1. The van der Waals surface area contributed by atoms with Gasteiger partial charge in [-0.05, 0) is 22.7 Å². The molecule has 1 aliphatic carbocycles. The molecule has 0 radical (unpaired) electrons. The fraction of sp³-hybridized carbons (Fsp3) is 0.667. The van der Waals surface area contributed by atoms with Crippen LogP contribution in [0.25, 0.3) is 0 Å². The molecule has 0 aromatic carbocycles. The third-order valence-electron chi connectivity index (χ3n) is 3.67. The minimum Gasteiger partial charge on any atom is -0.394 e. The summed E-state index contributed by atoms with van der Waals surface area (Å²) in [6.45, 7) is 0.281. The van der Waals surface area contributed by atoms with Gasteiger partial charge in [-0.25, -0.2) is 0 Å². The third-order valence-corrected chi connectivity index (χ3v) is 3.67. The first-order valence-corrected chi connectivity index (χ1v) is 6.63. The molecule has 2 rings (SSSR count). The number of hydrogen-bond donors (Lipinski definition) is 2. The lowest BCUT2D eigenvalue weighted by Crippen LogP contribution is -2.49. The molecule has 8 heteroatoms. The highest BCUT2D eigenvalue weighted by Gasteiger charge is 2.34. The largest absolute Gasteiger partial charge is 0.394 e. The van der Waals surface area contributed by atoms with E-state index in [2.05, 4.69) is 10.3 Å². The number of aliphatic hydroxyl groups is 1. The Morgan fingerprint density at radius 2 is 2.25 bits per heavy atom. The van der Waals surface area contributed by atoms with Crippen LogP contribution in [0.3, 0.4) is 0 Å². The number of hydrogen-bond acceptors (Lipinski definition) is 5. The Balaban J connectivity index is 1.84. The Hall–Kier alpha value is -1.96. The molecule has 0 atom stereocenters. The summed E-state index contributed by atoms with van der Waals surface area (Å²) in [5.74, 6) is -0.384. The molecule has 0 saturated heterocycles. The average molecular weight is 282 g/mol. The second kappa shape index (κ2) is 6.00. The van der Waals surface area contributed by atoms with E-state index in [1.54, 1.807) is 0 Å². The topological polar surface area (TPSA) is 110 Å². The van der Waals surface area contributed by atoms with Gasteiger partial charge in [0.15, 0.2) is 0 Å². The van der Waals surface area contributed by atoms with Crippen LogP contribution in [0.1, 0.15) is 32.1 Å². The smallest absolute Gasteiger partial charge is 0.381 e. The fourth-order valence-corrected chi connectivity index (χ4v) is 2.53. The summed E-state index contributed by atoms with van der Waals surface area (Å²) in [4.78, 5) is 25.4. The van der Waals surface area contributed by atoms with Crippen molar-refractivity contribution in [1.29, 1.82) is 0 Å². The number of aromatic nitrogens is 2. The molecule has 1 amide bonds. The number of nitrogens with one attached hydrogen (secondary N) is 1. The van der Waals surface area contributed by atoms with Gasteiger partial charge in [-0.15, -0.1) is 0 Å². The predicted molar refractivity (Wildman–Crippen MR) is 69.9 cm³/mol. The SMILES string of the molecule is O=C(CCn1cnc([N+](=O)[O-])c1)NC1(CO)CCCC1. The van der Waals surface area contributed by atoms with Gasteiger partial charge in [-0.2, -0.15) is 0 Å². The van der Waals surface area contributed by atoms with Crippen LogP contribution in [0.4, 0.5) is 5.82 Å². The molecule has 1 heterocycles. The summed E-state index contributed by atoms with van der Waals surface area (Å²) in [6, 6.07) is 0. The van der Waals surface area contributed by atoms with Crippen molar-refractivity contribution in [3.05, 3.63) is 22.6 Å². The van der Waals surface area contributed by atoms with E-state index in [4.69, 9.17) is 0 Å². The van der Waals surface area contributed by atoms with Gasteiger partial charge in [-0.1, -0.05) is 12.8 Å². The summed E-state index contributed by atoms with van der Waals surface area (Å²) < 4.78 is 1.51. The number of nitro groups is 1. The Labute approximate surface area is 116 Å². The van der Waals surface area contributed by atoms with Crippen molar-refractivity contribution < 1.29 is 14.8 Å². The van der Waals surface area contributed by atoms with Crippen LogP contribution < -0.4 is 5.32 Å². The number of carbonyl (C=O) groups is 1. The highest BCUT2D eigenvalue weighted by molar-refractivity contribution is 5.76. The van der Waals surface area contributed by atoms with Crippen molar-refractivity contribution in [1.82, 2.24) is 14.9 Å². The molecule has 0 bridgehead atoms. The quantitative estimate of drug-likeness (QED) is 0.586. The van der Waals surface area contributed by atoms with Gasteiger partial charge in [-0.3, -0.25) is 4.79 Å². The van der Waals surface area contributed by atoms with E-state index in [9.17, 15) is 20.0 Å². The minimum atomic E-state index is -0.574. The zero-order chi connectivity index (χ0) is 14.6. The molecule has 1 aliphatic rings. The summed E-state index contributed by atoms with van der Waals surface area (Å²) >= 11 is 0. The standard InChI is InChI=1S/C12H18N4O4/c17-8-12(4-1-2-5-12)14-11(18)3-6-15-7-10(13-9-15)16(19)20/h7,9,17H,1-6,8H2,(H,14,18). The van der Waals surface area contributed by atoms with Crippen LogP contribution in [0, 0.1) is 10.1 Å². The third kappa shape index (κ3) is 3.32. The monoisotopic (exact) mass is 282 g/mol. The minimum absolute atomic E-state index is 0.0463. The van der Waals surface area contributed by atoms with Crippen LogP contribution >= 0.6 is 0 Å². The molecule has 110 valence electrons. The Morgan fingerprint density at radius 1 is 1.55 bits per heavy atom. The Kier molecular flexibility index (Phi) is 4.33. The van der Waals surface area contributed by atoms with Gasteiger partial charge in [0.05, 0.1) is 12.1 Å². The lowest BCUT2D eigenvalue weighted by Gasteiger charge is -2.27. The van der Waals surface area contributed by atoms with E-state index in [1.807, 2.05) is 0 Å². The molecular formula is C12H18N4O4. The van der Waals surface area contributed by atoms with Gasteiger partial charge in [0, 0.05) is 13.0 Å². The maximum atomic E-state index is 11.9. The summed E-state index contributed by atoms with van der Waals surface area (Å²) in [6.07, 6.45) is 6.45. The second-order valence-electron chi connectivity index (χ2n) is 5.17. The lowest BCUT2D eigenvalue weighted by molar-refractivity contribution is -0.389. The van der Waals surface area contributed by atoms with Crippen molar-refractivity contribution >= 4 is 11.7 Å². The normalized spacial score (nSPS) is 17.1. The van der Waals surface area contributed by atoms with Gasteiger partial charge in [0.2, 0.25) is 12.2 Å². The van der Waals surface area contributed by atoms with Gasteiger partial charge in [0.1, 0.15) is 6.20 Å². The fourth-order valence-electron chi connectivity index (χ4n) is 2.53. The van der Waals surface area contributed by atoms with E-state index in [1.165, 1.54) is 17.1 Å². The molecule has 1 fully saturated rings. The molecule has 8 nitrogen and oxygen atoms in total. The van der Waals surface area contributed by atoms with Gasteiger partial charge >= 0.3 is 5.82 Å². The zero-order valence-electron chi connectivity index (χ0n) is 11.1. The average Bonchev–Trinajstić information content (AvgIpc) is 3.06. The van der Waals surface area contributed by atoms with Crippen LogP contribution in [0.5, 0.6) is 0 Å². The van der Waals surface area contributed by atoms with Crippen LogP contribution in [0.15, 0.2) is 12.5 Å². The molecule has 0 aliphatic heterocycles. The first-order valence-electron chi connectivity index (χ1n) is 6.63. The lowest BCUT2D eigenvalue weighted by atomic mass is 9.99. The molecule has 0 unspecified atom stereocenters. The molecular weight excluding hydrogens is 264 g/mol. The van der Waals surface area contributed by atoms with Crippen LogP contribution in [-0.4, -0.2) is 37.6 Å². The molecule has 1 saturated carbocycles. The maximum Gasteiger partial charge on any atom is 0.381 e. The number of amides is 1. The van der Waals surface area contributed by atoms with Crippen molar-refractivity contribution in [3.8, 4) is 0 Å². The summed E-state index contributed by atoms with van der Waals surface area (Å²) in [5, 5.41) is 22.8. The number of aryl methyl sites for hydroxylation is 1. The van der Waals surface area contributed by atoms with E-state index in [0.29, 0.717) is 6.54 Å². The first kappa shape index (κ1) is 14.4. The molecule has 1 aromatic heterocycles. The number of nitrogens with zero attached hydrogens (tertiary/aromatic N) is 3. The Morgan fingerprint density at radius 3 is 2.80 bits per heavy atom. The molecule has 1 aromatic rings. The van der Waals surface area contributed by atoms with Crippen molar-refractivity contribution in [2.75, 3.05) is 6.61 Å². The van der Waals surface area contributed by atoms with E-state index in [-0.39, 0.29) is 24.8 Å². The molecule has 20 heavy (non-hydrogen) atoms. The zero-order valence-corrected chi connectivity index (χ0v) is 11.1. The molecule has 0 spiro atoms. The van der Waals surface area contributed by atoms with Gasteiger partial charge in [0.25, 0.3) is 0 Å². The van der Waals surface area contributed by atoms with Crippen LogP contribution in [-0.2, 0) is 11.3 Å². The predicted octanol–water partition coefficient (Wildman–Crippen LogP) is 0.603. The molecule has 2 N–H and O–H groups in total. The van der Waals surface area contributed by atoms with E-state index >= 15 is 0 Å². The van der Waals surface area contributed by atoms with E-state index < -0.39 is 10.5 Å².